The van der Waals surface area contributed by atoms with Crippen LogP contribution in [0.4, 0.5) is 8.78 Å². The fourth-order valence-electron chi connectivity index (χ4n) is 1.38. The van der Waals surface area contributed by atoms with Gasteiger partial charge in [-0.1, -0.05) is 0 Å². The SMILES string of the molecule is CCOC(=O)/C(C)=C(/C)c1cc(F)ccc1F. The van der Waals surface area contributed by atoms with Crippen molar-refractivity contribution in [1.82, 2.24) is 0 Å². The maximum atomic E-state index is 13.5. The van der Waals surface area contributed by atoms with Gasteiger partial charge in [-0.25, -0.2) is 13.6 Å². The summed E-state index contributed by atoms with van der Waals surface area (Å²) in [6.45, 7) is 5.01. The van der Waals surface area contributed by atoms with E-state index >= 15 is 0 Å². The highest BCUT2D eigenvalue weighted by Gasteiger charge is 2.13. The Hall–Kier alpha value is -1.71. The Bertz CT molecular complexity index is 464. The molecule has 0 amide bonds. The zero-order chi connectivity index (χ0) is 13.0. The van der Waals surface area contributed by atoms with Gasteiger partial charge in [0.25, 0.3) is 0 Å². The number of hydrogen-bond acceptors (Lipinski definition) is 2. The van der Waals surface area contributed by atoms with Crippen LogP contribution in [0.3, 0.4) is 0 Å². The molecule has 0 aliphatic heterocycles. The quantitative estimate of drug-likeness (QED) is 0.598. The Kier molecular flexibility index (Phi) is 4.37. The van der Waals surface area contributed by atoms with Crippen LogP contribution in [0.25, 0.3) is 5.57 Å². The Balaban J connectivity index is 3.18. The van der Waals surface area contributed by atoms with Gasteiger partial charge in [-0.2, -0.15) is 0 Å². The van der Waals surface area contributed by atoms with Crippen molar-refractivity contribution in [3.63, 3.8) is 0 Å². The number of esters is 1. The number of benzene rings is 1. The molecular formula is C13H14F2O2. The van der Waals surface area contributed by atoms with Crippen LogP contribution in [-0.2, 0) is 9.53 Å². The van der Waals surface area contributed by atoms with E-state index in [0.717, 1.165) is 18.2 Å². The van der Waals surface area contributed by atoms with Crippen LogP contribution in [0.2, 0.25) is 0 Å². The summed E-state index contributed by atoms with van der Waals surface area (Å²) < 4.78 is 31.3. The van der Waals surface area contributed by atoms with Gasteiger partial charge in [0.2, 0.25) is 0 Å². The van der Waals surface area contributed by atoms with E-state index in [-0.39, 0.29) is 17.7 Å². The van der Waals surface area contributed by atoms with Crippen molar-refractivity contribution in [2.75, 3.05) is 6.61 Å². The van der Waals surface area contributed by atoms with Gasteiger partial charge in [0.15, 0.2) is 0 Å². The van der Waals surface area contributed by atoms with Crippen molar-refractivity contribution in [1.29, 1.82) is 0 Å². The number of halogens is 2. The van der Waals surface area contributed by atoms with Crippen LogP contribution < -0.4 is 0 Å². The zero-order valence-corrected chi connectivity index (χ0v) is 10.0. The monoisotopic (exact) mass is 240 g/mol. The topological polar surface area (TPSA) is 26.3 Å². The standard InChI is InChI=1S/C13H14F2O2/c1-4-17-13(16)9(3)8(2)11-7-10(14)5-6-12(11)15/h5-7H,4H2,1-3H3/b9-8-. The minimum absolute atomic E-state index is 0.0792. The maximum Gasteiger partial charge on any atom is 0.333 e. The largest absolute Gasteiger partial charge is 0.463 e. The average Bonchev–Trinajstić information content (AvgIpc) is 2.30. The normalized spacial score (nSPS) is 12.1. The fraction of sp³-hybridized carbons (Fsp3) is 0.308. The van der Waals surface area contributed by atoms with Gasteiger partial charge >= 0.3 is 5.97 Å². The minimum atomic E-state index is -0.562. The summed E-state index contributed by atoms with van der Waals surface area (Å²) in [5.74, 6) is -1.63. The molecule has 4 heteroatoms. The lowest BCUT2D eigenvalue weighted by Gasteiger charge is -2.08. The van der Waals surface area contributed by atoms with E-state index < -0.39 is 17.6 Å². The Labute approximate surface area is 98.9 Å². The van der Waals surface area contributed by atoms with Crippen LogP contribution in [-0.4, -0.2) is 12.6 Å². The lowest BCUT2D eigenvalue weighted by Crippen LogP contribution is -2.07. The second kappa shape index (κ2) is 5.57. The molecule has 0 aliphatic rings. The first-order valence-electron chi connectivity index (χ1n) is 5.27. The van der Waals surface area contributed by atoms with Gasteiger partial charge in [-0.3, -0.25) is 0 Å². The third-order valence-electron chi connectivity index (χ3n) is 2.48. The Morgan fingerprint density at radius 1 is 1.29 bits per heavy atom. The Morgan fingerprint density at radius 2 is 1.94 bits per heavy atom. The summed E-state index contributed by atoms with van der Waals surface area (Å²) in [6, 6.07) is 3.13. The smallest absolute Gasteiger partial charge is 0.333 e. The van der Waals surface area contributed by atoms with E-state index in [1.165, 1.54) is 6.92 Å². The molecule has 1 aromatic rings. The molecule has 0 spiro atoms. The number of hydrogen-bond donors (Lipinski definition) is 0. The molecule has 0 unspecified atom stereocenters. The second-order valence-corrected chi connectivity index (χ2v) is 3.59. The number of rotatable bonds is 3. The first-order valence-corrected chi connectivity index (χ1v) is 5.27. The van der Waals surface area contributed by atoms with Gasteiger partial charge in [-0.05, 0) is 44.5 Å². The molecule has 0 atom stereocenters. The number of carbonyl (C=O) groups is 1. The molecule has 0 heterocycles. The number of ether oxygens (including phenoxy) is 1. The van der Waals surface area contributed by atoms with Crippen LogP contribution in [0.15, 0.2) is 23.8 Å². The van der Waals surface area contributed by atoms with Crippen LogP contribution in [0.1, 0.15) is 26.3 Å². The fourth-order valence-corrected chi connectivity index (χ4v) is 1.38. The van der Waals surface area contributed by atoms with E-state index in [1.54, 1.807) is 13.8 Å². The molecule has 0 radical (unpaired) electrons. The molecule has 17 heavy (non-hydrogen) atoms. The van der Waals surface area contributed by atoms with Gasteiger partial charge in [-0.15, -0.1) is 0 Å². The average molecular weight is 240 g/mol. The van der Waals surface area contributed by atoms with Crippen LogP contribution in [0, 0.1) is 11.6 Å². The molecule has 0 aliphatic carbocycles. The molecule has 0 saturated heterocycles. The summed E-state index contributed by atoms with van der Waals surface area (Å²) in [5.41, 5.74) is 0.729. The summed E-state index contributed by atoms with van der Waals surface area (Å²) in [7, 11) is 0. The lowest BCUT2D eigenvalue weighted by molar-refractivity contribution is -0.138. The van der Waals surface area contributed by atoms with Gasteiger partial charge < -0.3 is 4.74 Å². The predicted molar refractivity (Wildman–Crippen MR) is 61.3 cm³/mol. The highest BCUT2D eigenvalue weighted by molar-refractivity contribution is 5.96. The van der Waals surface area contributed by atoms with Gasteiger partial charge in [0.05, 0.1) is 6.61 Å². The molecular weight excluding hydrogens is 226 g/mol. The Morgan fingerprint density at radius 3 is 2.53 bits per heavy atom. The first-order chi connectivity index (χ1) is 7.97. The summed E-state index contributed by atoms with van der Waals surface area (Å²) in [5, 5.41) is 0. The van der Waals surface area contributed by atoms with Crippen LogP contribution in [0.5, 0.6) is 0 Å². The van der Waals surface area contributed by atoms with E-state index in [1.807, 2.05) is 0 Å². The first kappa shape index (κ1) is 13.4. The summed E-state index contributed by atoms with van der Waals surface area (Å²) in [4.78, 5) is 11.5. The van der Waals surface area contributed by atoms with E-state index in [2.05, 4.69) is 0 Å². The highest BCUT2D eigenvalue weighted by atomic mass is 19.1. The van der Waals surface area contributed by atoms with Crippen molar-refractivity contribution < 1.29 is 18.3 Å². The molecule has 0 bridgehead atoms. The minimum Gasteiger partial charge on any atom is -0.463 e. The van der Waals surface area contributed by atoms with Crippen molar-refractivity contribution >= 4 is 11.5 Å². The zero-order valence-electron chi connectivity index (χ0n) is 10.0. The lowest BCUT2D eigenvalue weighted by atomic mass is 10.0. The molecule has 0 saturated carbocycles. The molecule has 0 fully saturated rings. The molecule has 1 rings (SSSR count). The van der Waals surface area contributed by atoms with Crippen molar-refractivity contribution in [2.45, 2.75) is 20.8 Å². The van der Waals surface area contributed by atoms with Crippen molar-refractivity contribution in [2.24, 2.45) is 0 Å². The number of allylic oxidation sites excluding steroid dienone is 1. The maximum absolute atomic E-state index is 13.5. The molecule has 0 aromatic heterocycles. The van der Waals surface area contributed by atoms with E-state index in [4.69, 9.17) is 4.74 Å². The summed E-state index contributed by atoms with van der Waals surface area (Å²) >= 11 is 0. The molecule has 92 valence electrons. The number of carbonyl (C=O) groups excluding carboxylic acids is 1. The highest BCUT2D eigenvalue weighted by Crippen LogP contribution is 2.22. The molecule has 0 N–H and O–H groups in total. The second-order valence-electron chi connectivity index (χ2n) is 3.59. The molecule has 1 aromatic carbocycles. The van der Waals surface area contributed by atoms with E-state index in [9.17, 15) is 13.6 Å². The third kappa shape index (κ3) is 3.12. The van der Waals surface area contributed by atoms with Gasteiger partial charge in [0, 0.05) is 11.1 Å². The van der Waals surface area contributed by atoms with E-state index in [0.29, 0.717) is 5.57 Å². The third-order valence-corrected chi connectivity index (χ3v) is 2.48. The molecule has 2 nitrogen and oxygen atoms in total. The predicted octanol–water partition coefficient (Wildman–Crippen LogP) is 3.32. The van der Waals surface area contributed by atoms with Crippen LogP contribution >= 0.6 is 0 Å². The van der Waals surface area contributed by atoms with Crippen molar-refractivity contribution in [3.05, 3.63) is 41.0 Å². The summed E-state index contributed by atoms with van der Waals surface area (Å²) in [6.07, 6.45) is 0. The van der Waals surface area contributed by atoms with Gasteiger partial charge in [0.1, 0.15) is 11.6 Å². The van der Waals surface area contributed by atoms with Crippen molar-refractivity contribution in [3.8, 4) is 0 Å².